The zero-order valence-corrected chi connectivity index (χ0v) is 10.9. The number of aromatic nitrogens is 3. The highest BCUT2D eigenvalue weighted by atomic mass is 15.4. The van der Waals surface area contributed by atoms with Crippen LogP contribution in [-0.2, 0) is 6.54 Å². The average Bonchev–Trinajstić information content (AvgIpc) is 2.83. The molecule has 98 valence electrons. The molecular formula is C14H12N6. The summed E-state index contributed by atoms with van der Waals surface area (Å²) in [5.74, 6) is 0. The van der Waals surface area contributed by atoms with Gasteiger partial charge in [-0.25, -0.2) is 4.68 Å². The Morgan fingerprint density at radius 1 is 1.25 bits per heavy atom. The van der Waals surface area contributed by atoms with Crippen LogP contribution in [0.4, 0.5) is 5.69 Å². The Hall–Kier alpha value is -2.85. The van der Waals surface area contributed by atoms with Crippen LogP contribution in [0, 0.1) is 6.92 Å². The predicted octanol–water partition coefficient (Wildman–Crippen LogP) is 3.73. The fraction of sp³-hybridized carbons (Fsp3) is 0.143. The molecule has 1 aromatic heterocycles. The predicted molar refractivity (Wildman–Crippen MR) is 76.6 cm³/mol. The molecule has 0 fully saturated rings. The Balaban J connectivity index is 2.11. The van der Waals surface area contributed by atoms with E-state index in [9.17, 15) is 0 Å². The molecule has 1 heterocycles. The van der Waals surface area contributed by atoms with Gasteiger partial charge in [0.2, 0.25) is 0 Å². The van der Waals surface area contributed by atoms with Crippen molar-refractivity contribution in [2.75, 3.05) is 0 Å². The van der Waals surface area contributed by atoms with Gasteiger partial charge in [0.15, 0.2) is 0 Å². The molecule has 0 N–H and O–H groups in total. The fourth-order valence-corrected chi connectivity index (χ4v) is 2.18. The Morgan fingerprint density at radius 3 is 2.80 bits per heavy atom. The van der Waals surface area contributed by atoms with Crippen molar-refractivity contribution in [3.63, 3.8) is 0 Å². The van der Waals surface area contributed by atoms with E-state index in [0.717, 1.165) is 16.6 Å². The zero-order chi connectivity index (χ0) is 13.9. The lowest BCUT2D eigenvalue weighted by Gasteiger charge is -2.03. The maximum Gasteiger partial charge on any atom is 0.122 e. The quantitative estimate of drug-likeness (QED) is 0.410. The molecule has 0 unspecified atom stereocenters. The molecule has 2 aromatic carbocycles. The van der Waals surface area contributed by atoms with Crippen molar-refractivity contribution in [1.29, 1.82) is 0 Å². The van der Waals surface area contributed by atoms with Crippen molar-refractivity contribution in [2.24, 2.45) is 5.11 Å². The molecule has 0 aliphatic heterocycles. The number of fused-ring (bicyclic) bond motifs is 1. The van der Waals surface area contributed by atoms with Crippen LogP contribution in [0.1, 0.15) is 11.1 Å². The van der Waals surface area contributed by atoms with Gasteiger partial charge in [-0.05, 0) is 35.7 Å². The molecule has 3 aromatic rings. The molecule has 0 saturated carbocycles. The number of hydrogen-bond donors (Lipinski definition) is 0. The summed E-state index contributed by atoms with van der Waals surface area (Å²) in [5.41, 5.74) is 12.8. The van der Waals surface area contributed by atoms with Gasteiger partial charge in [-0.1, -0.05) is 40.7 Å². The molecule has 6 heteroatoms. The van der Waals surface area contributed by atoms with Gasteiger partial charge in [-0.3, -0.25) is 0 Å². The van der Waals surface area contributed by atoms with Crippen molar-refractivity contribution in [3.05, 3.63) is 64.0 Å². The molecule has 0 aliphatic carbocycles. The Morgan fingerprint density at radius 2 is 2.05 bits per heavy atom. The number of azide groups is 1. The maximum atomic E-state index is 8.62. The smallest absolute Gasteiger partial charge is 0.122 e. The van der Waals surface area contributed by atoms with Gasteiger partial charge in [-0.15, -0.1) is 5.10 Å². The minimum Gasteiger partial charge on any atom is -0.240 e. The third-order valence-electron chi connectivity index (χ3n) is 3.07. The van der Waals surface area contributed by atoms with Crippen molar-refractivity contribution in [3.8, 4) is 0 Å². The molecule has 0 radical (unpaired) electrons. The van der Waals surface area contributed by atoms with E-state index >= 15 is 0 Å². The van der Waals surface area contributed by atoms with E-state index in [0.29, 0.717) is 17.7 Å². The highest BCUT2D eigenvalue weighted by molar-refractivity contribution is 5.86. The lowest BCUT2D eigenvalue weighted by Crippen LogP contribution is -2.01. The van der Waals surface area contributed by atoms with Crippen molar-refractivity contribution in [2.45, 2.75) is 13.5 Å². The highest BCUT2D eigenvalue weighted by Crippen LogP contribution is 2.26. The van der Waals surface area contributed by atoms with Gasteiger partial charge in [0, 0.05) is 4.91 Å². The second kappa shape index (κ2) is 5.03. The summed E-state index contributed by atoms with van der Waals surface area (Å²) < 4.78 is 1.81. The van der Waals surface area contributed by atoms with E-state index in [1.807, 2.05) is 54.1 Å². The summed E-state index contributed by atoms with van der Waals surface area (Å²) in [7, 11) is 0. The summed E-state index contributed by atoms with van der Waals surface area (Å²) in [5, 5.41) is 12.0. The first-order valence-corrected chi connectivity index (χ1v) is 6.21. The van der Waals surface area contributed by atoms with Crippen LogP contribution in [0.2, 0.25) is 0 Å². The molecule has 6 nitrogen and oxygen atoms in total. The third-order valence-corrected chi connectivity index (χ3v) is 3.07. The molecule has 3 rings (SSSR count). The number of aryl methyl sites for hydroxylation is 1. The number of hydrogen-bond acceptors (Lipinski definition) is 3. The average molecular weight is 264 g/mol. The first kappa shape index (κ1) is 12.2. The minimum absolute atomic E-state index is 0.516. The second-order valence-corrected chi connectivity index (χ2v) is 4.57. The summed E-state index contributed by atoms with van der Waals surface area (Å²) in [6, 6.07) is 13.8. The highest BCUT2D eigenvalue weighted by Gasteiger charge is 2.09. The monoisotopic (exact) mass is 264 g/mol. The largest absolute Gasteiger partial charge is 0.240 e. The zero-order valence-electron chi connectivity index (χ0n) is 10.9. The van der Waals surface area contributed by atoms with Crippen LogP contribution in [-0.4, -0.2) is 15.0 Å². The van der Waals surface area contributed by atoms with E-state index in [2.05, 4.69) is 20.3 Å². The summed E-state index contributed by atoms with van der Waals surface area (Å²) >= 11 is 0. The number of nitrogens with zero attached hydrogens (tertiary/aromatic N) is 6. The van der Waals surface area contributed by atoms with Gasteiger partial charge >= 0.3 is 0 Å². The van der Waals surface area contributed by atoms with Gasteiger partial charge in [0.25, 0.3) is 0 Å². The molecule has 0 aliphatic rings. The van der Waals surface area contributed by atoms with Crippen LogP contribution in [0.15, 0.2) is 47.6 Å². The normalized spacial score (nSPS) is 10.4. The van der Waals surface area contributed by atoms with Gasteiger partial charge in [0.05, 0.1) is 17.7 Å². The van der Waals surface area contributed by atoms with Crippen LogP contribution < -0.4 is 0 Å². The number of benzene rings is 2. The fourth-order valence-electron chi connectivity index (χ4n) is 2.18. The van der Waals surface area contributed by atoms with Crippen LogP contribution in [0.5, 0.6) is 0 Å². The van der Waals surface area contributed by atoms with Gasteiger partial charge in [-0.2, -0.15) is 0 Å². The van der Waals surface area contributed by atoms with E-state index in [1.165, 1.54) is 0 Å². The molecule has 0 bridgehead atoms. The van der Waals surface area contributed by atoms with E-state index < -0.39 is 0 Å². The Labute approximate surface area is 115 Å². The lowest BCUT2D eigenvalue weighted by atomic mass is 10.2. The van der Waals surface area contributed by atoms with E-state index in [-0.39, 0.29) is 0 Å². The minimum atomic E-state index is 0.516. The van der Waals surface area contributed by atoms with Gasteiger partial charge < -0.3 is 0 Å². The lowest BCUT2D eigenvalue weighted by molar-refractivity contribution is 0.670. The van der Waals surface area contributed by atoms with Crippen molar-refractivity contribution < 1.29 is 0 Å². The van der Waals surface area contributed by atoms with Crippen LogP contribution >= 0.6 is 0 Å². The Bertz CT molecular complexity index is 799. The van der Waals surface area contributed by atoms with E-state index in [4.69, 9.17) is 5.53 Å². The van der Waals surface area contributed by atoms with Crippen molar-refractivity contribution >= 4 is 16.7 Å². The van der Waals surface area contributed by atoms with E-state index in [1.54, 1.807) is 0 Å². The third kappa shape index (κ3) is 2.20. The molecule has 0 saturated heterocycles. The Kier molecular flexibility index (Phi) is 3.07. The van der Waals surface area contributed by atoms with Crippen LogP contribution in [0.3, 0.4) is 0 Å². The standard InChI is InChI=1S/C14H12N6/c1-10-7-12(16-18-15)14-13(8-10)20(19-17-14)9-11-5-3-2-4-6-11/h2-8H,9H2,1H3. The van der Waals surface area contributed by atoms with Crippen molar-refractivity contribution in [1.82, 2.24) is 15.0 Å². The molecule has 0 spiro atoms. The number of rotatable bonds is 3. The second-order valence-electron chi connectivity index (χ2n) is 4.57. The molecule has 20 heavy (non-hydrogen) atoms. The first-order chi connectivity index (χ1) is 9.78. The molecule has 0 amide bonds. The SMILES string of the molecule is Cc1cc(N=[N+]=[N-])c2nnn(Cc3ccccc3)c2c1. The first-order valence-electron chi connectivity index (χ1n) is 6.21. The summed E-state index contributed by atoms with van der Waals surface area (Å²) in [6.45, 7) is 2.59. The molecular weight excluding hydrogens is 252 g/mol. The summed E-state index contributed by atoms with van der Waals surface area (Å²) in [6.07, 6.45) is 0. The topological polar surface area (TPSA) is 79.5 Å². The van der Waals surface area contributed by atoms with Crippen LogP contribution in [0.25, 0.3) is 21.5 Å². The molecule has 0 atom stereocenters. The summed E-state index contributed by atoms with van der Waals surface area (Å²) in [4.78, 5) is 2.84. The van der Waals surface area contributed by atoms with Gasteiger partial charge in [0.1, 0.15) is 5.52 Å². The maximum absolute atomic E-state index is 8.62.